The van der Waals surface area contributed by atoms with Crippen molar-refractivity contribution in [1.29, 1.82) is 0 Å². The number of ether oxygens (including phenoxy) is 2. The standard InChI is InChI=1S/C12H20N4O5/c1-20-6-7-21-5-3-14-12(19)13-2-4-16-8-10(11(17)18)15-9-16/h8-9H,2-7H2,1H3,(H,17,18)(H2,13,14,19). The predicted octanol–water partition coefficient (Wildman–Crippen LogP) is -0.456. The Kier molecular flexibility index (Phi) is 7.84. The Balaban J connectivity index is 2.06. The van der Waals surface area contributed by atoms with Crippen LogP contribution in [0.4, 0.5) is 4.79 Å². The van der Waals surface area contributed by atoms with E-state index in [4.69, 9.17) is 14.6 Å². The lowest BCUT2D eigenvalue weighted by molar-refractivity contribution is 0.0691. The molecule has 3 N–H and O–H groups in total. The van der Waals surface area contributed by atoms with Crippen LogP contribution in [0, 0.1) is 0 Å². The van der Waals surface area contributed by atoms with Crippen LogP contribution in [0.3, 0.4) is 0 Å². The van der Waals surface area contributed by atoms with Crippen LogP contribution < -0.4 is 10.6 Å². The highest BCUT2D eigenvalue weighted by molar-refractivity contribution is 5.84. The predicted molar refractivity (Wildman–Crippen MR) is 73.3 cm³/mol. The zero-order valence-corrected chi connectivity index (χ0v) is 11.9. The first-order valence-electron chi connectivity index (χ1n) is 6.47. The number of imidazole rings is 1. The van der Waals surface area contributed by atoms with Crippen LogP contribution in [0.25, 0.3) is 0 Å². The second-order valence-corrected chi connectivity index (χ2v) is 4.09. The number of aromatic nitrogens is 2. The molecule has 1 heterocycles. The van der Waals surface area contributed by atoms with Crippen molar-refractivity contribution in [2.45, 2.75) is 6.54 Å². The summed E-state index contributed by atoms with van der Waals surface area (Å²) >= 11 is 0. The van der Waals surface area contributed by atoms with E-state index in [1.165, 1.54) is 12.5 Å². The van der Waals surface area contributed by atoms with Gasteiger partial charge in [0.1, 0.15) is 0 Å². The number of carbonyl (C=O) groups excluding carboxylic acids is 1. The largest absolute Gasteiger partial charge is 0.476 e. The SMILES string of the molecule is COCCOCCNC(=O)NCCn1cnc(C(=O)O)c1. The minimum absolute atomic E-state index is 0.0207. The van der Waals surface area contributed by atoms with E-state index in [1.54, 1.807) is 11.7 Å². The second-order valence-electron chi connectivity index (χ2n) is 4.09. The van der Waals surface area contributed by atoms with E-state index in [1.807, 2.05) is 0 Å². The van der Waals surface area contributed by atoms with E-state index in [-0.39, 0.29) is 11.7 Å². The fraction of sp³-hybridized carbons (Fsp3) is 0.583. The number of carboxylic acid groups (broad SMARTS) is 1. The van der Waals surface area contributed by atoms with E-state index < -0.39 is 5.97 Å². The number of methoxy groups -OCH3 is 1. The molecule has 2 amide bonds. The van der Waals surface area contributed by atoms with Crippen molar-refractivity contribution < 1.29 is 24.2 Å². The molecule has 1 aromatic rings. The number of nitrogens with zero attached hydrogens (tertiary/aromatic N) is 2. The van der Waals surface area contributed by atoms with E-state index in [2.05, 4.69) is 15.6 Å². The highest BCUT2D eigenvalue weighted by atomic mass is 16.5. The van der Waals surface area contributed by atoms with Gasteiger partial charge in [-0.05, 0) is 0 Å². The third-order valence-electron chi connectivity index (χ3n) is 2.47. The Morgan fingerprint density at radius 2 is 2.05 bits per heavy atom. The number of amides is 2. The maximum Gasteiger partial charge on any atom is 0.356 e. The first-order valence-corrected chi connectivity index (χ1v) is 6.47. The number of aromatic carboxylic acids is 1. The van der Waals surface area contributed by atoms with Crippen LogP contribution in [0.2, 0.25) is 0 Å². The van der Waals surface area contributed by atoms with Crippen LogP contribution in [-0.4, -0.2) is 66.7 Å². The summed E-state index contributed by atoms with van der Waals surface area (Å²) in [6.45, 7) is 2.65. The van der Waals surface area contributed by atoms with Gasteiger partial charge in [0.25, 0.3) is 0 Å². The van der Waals surface area contributed by atoms with Crippen molar-refractivity contribution in [2.75, 3.05) is 40.0 Å². The molecule has 0 atom stereocenters. The highest BCUT2D eigenvalue weighted by Crippen LogP contribution is 1.95. The number of rotatable bonds is 10. The molecule has 0 fully saturated rings. The molecule has 118 valence electrons. The Labute approximate surface area is 122 Å². The molecule has 0 aliphatic carbocycles. The van der Waals surface area contributed by atoms with Crippen LogP contribution >= 0.6 is 0 Å². The molecule has 0 bridgehead atoms. The molecule has 0 saturated carbocycles. The van der Waals surface area contributed by atoms with E-state index >= 15 is 0 Å². The van der Waals surface area contributed by atoms with Gasteiger partial charge in [0.2, 0.25) is 0 Å². The molecule has 0 aliphatic rings. The van der Waals surface area contributed by atoms with Crippen molar-refractivity contribution >= 4 is 12.0 Å². The maximum atomic E-state index is 11.4. The Hall–Kier alpha value is -2.13. The van der Waals surface area contributed by atoms with Gasteiger partial charge in [-0.15, -0.1) is 0 Å². The lowest BCUT2D eigenvalue weighted by Crippen LogP contribution is -2.38. The minimum atomic E-state index is -1.08. The average Bonchev–Trinajstić information content (AvgIpc) is 2.92. The van der Waals surface area contributed by atoms with E-state index in [0.717, 1.165) is 0 Å². The number of urea groups is 1. The van der Waals surface area contributed by atoms with Crippen LogP contribution in [0.1, 0.15) is 10.5 Å². The number of hydrogen-bond acceptors (Lipinski definition) is 5. The maximum absolute atomic E-state index is 11.4. The zero-order valence-electron chi connectivity index (χ0n) is 11.9. The summed E-state index contributed by atoms with van der Waals surface area (Å²) in [4.78, 5) is 25.8. The normalized spacial score (nSPS) is 10.3. The number of carbonyl (C=O) groups is 2. The lowest BCUT2D eigenvalue weighted by atomic mass is 10.5. The van der Waals surface area contributed by atoms with Crippen molar-refractivity contribution in [3.63, 3.8) is 0 Å². The van der Waals surface area contributed by atoms with Gasteiger partial charge in [-0.2, -0.15) is 0 Å². The first kappa shape index (κ1) is 16.9. The number of hydrogen-bond donors (Lipinski definition) is 3. The summed E-state index contributed by atoms with van der Waals surface area (Å²) in [6.07, 6.45) is 2.82. The summed E-state index contributed by atoms with van der Waals surface area (Å²) in [5.41, 5.74) is -0.0207. The Morgan fingerprint density at radius 1 is 1.29 bits per heavy atom. The molecule has 1 aromatic heterocycles. The summed E-state index contributed by atoms with van der Waals surface area (Å²) in [5.74, 6) is -1.08. The van der Waals surface area contributed by atoms with Gasteiger partial charge < -0.3 is 29.8 Å². The lowest BCUT2D eigenvalue weighted by Gasteiger charge is -2.08. The van der Waals surface area contributed by atoms with Gasteiger partial charge >= 0.3 is 12.0 Å². The van der Waals surface area contributed by atoms with Crippen molar-refractivity contribution in [2.24, 2.45) is 0 Å². The molecule has 0 saturated heterocycles. The van der Waals surface area contributed by atoms with Gasteiger partial charge in [0, 0.05) is 32.9 Å². The van der Waals surface area contributed by atoms with Gasteiger partial charge in [-0.1, -0.05) is 0 Å². The molecule has 0 spiro atoms. The molecule has 0 unspecified atom stereocenters. The van der Waals surface area contributed by atoms with Crippen molar-refractivity contribution in [3.8, 4) is 0 Å². The third kappa shape index (κ3) is 7.28. The molecule has 9 nitrogen and oxygen atoms in total. The average molecular weight is 300 g/mol. The molecule has 1 rings (SSSR count). The minimum Gasteiger partial charge on any atom is -0.476 e. The topological polar surface area (TPSA) is 115 Å². The molecule has 9 heteroatoms. The molecular weight excluding hydrogens is 280 g/mol. The molecule has 21 heavy (non-hydrogen) atoms. The first-order chi connectivity index (χ1) is 10.1. The molecular formula is C12H20N4O5. The summed E-state index contributed by atoms with van der Waals surface area (Å²) in [5, 5.41) is 14.0. The van der Waals surface area contributed by atoms with Crippen LogP contribution in [0.15, 0.2) is 12.5 Å². The van der Waals surface area contributed by atoms with E-state index in [9.17, 15) is 9.59 Å². The smallest absolute Gasteiger partial charge is 0.356 e. The fourth-order valence-corrected chi connectivity index (χ4v) is 1.43. The molecule has 0 aromatic carbocycles. The summed E-state index contributed by atoms with van der Waals surface area (Å²) < 4.78 is 11.6. The van der Waals surface area contributed by atoms with Crippen molar-refractivity contribution in [1.82, 2.24) is 20.2 Å². The van der Waals surface area contributed by atoms with Gasteiger partial charge in [0.15, 0.2) is 5.69 Å². The Morgan fingerprint density at radius 3 is 2.71 bits per heavy atom. The number of nitrogens with one attached hydrogen (secondary N) is 2. The Bertz CT molecular complexity index is 449. The van der Waals surface area contributed by atoms with Crippen molar-refractivity contribution in [3.05, 3.63) is 18.2 Å². The van der Waals surface area contributed by atoms with Gasteiger partial charge in [-0.25, -0.2) is 14.6 Å². The molecule has 0 radical (unpaired) electrons. The second kappa shape index (κ2) is 9.72. The third-order valence-corrected chi connectivity index (χ3v) is 2.47. The van der Waals surface area contributed by atoms with Crippen LogP contribution in [0.5, 0.6) is 0 Å². The van der Waals surface area contributed by atoms with Gasteiger partial charge in [0.05, 0.1) is 26.1 Å². The molecule has 0 aliphatic heterocycles. The van der Waals surface area contributed by atoms with Gasteiger partial charge in [-0.3, -0.25) is 0 Å². The zero-order chi connectivity index (χ0) is 15.5. The van der Waals surface area contributed by atoms with Crippen LogP contribution in [-0.2, 0) is 16.0 Å². The number of carboxylic acids is 1. The fourth-order valence-electron chi connectivity index (χ4n) is 1.43. The monoisotopic (exact) mass is 300 g/mol. The van der Waals surface area contributed by atoms with E-state index in [0.29, 0.717) is 39.5 Å². The quantitative estimate of drug-likeness (QED) is 0.504. The summed E-state index contributed by atoms with van der Waals surface area (Å²) in [6, 6.07) is -0.302. The highest BCUT2D eigenvalue weighted by Gasteiger charge is 2.06. The summed E-state index contributed by atoms with van der Waals surface area (Å²) in [7, 11) is 1.59.